The standard InChI is InChI=1S/C11H10FN3O5S/c12-9-2-1-7(5-8(9)11(16)17)21(18,19)15-4-3-10-13-6-14-20-10/h1-2,5-6,15H,3-4H2,(H,16,17). The molecule has 0 bridgehead atoms. The maximum Gasteiger partial charge on any atom is 0.338 e. The van der Waals surface area contributed by atoms with Gasteiger partial charge in [-0.2, -0.15) is 4.98 Å². The molecule has 1 heterocycles. The molecule has 0 fully saturated rings. The van der Waals surface area contributed by atoms with Crippen LogP contribution in [0.2, 0.25) is 0 Å². The van der Waals surface area contributed by atoms with Crippen molar-refractivity contribution in [1.82, 2.24) is 14.9 Å². The Morgan fingerprint density at radius 3 is 2.81 bits per heavy atom. The van der Waals surface area contributed by atoms with E-state index in [-0.39, 0.29) is 23.8 Å². The second-order valence-electron chi connectivity index (χ2n) is 3.93. The van der Waals surface area contributed by atoms with Gasteiger partial charge in [-0.3, -0.25) is 0 Å². The fourth-order valence-electron chi connectivity index (χ4n) is 1.52. The van der Waals surface area contributed by atoms with Gasteiger partial charge in [0.2, 0.25) is 15.9 Å². The molecule has 0 aliphatic heterocycles. The highest BCUT2D eigenvalue weighted by Crippen LogP contribution is 2.15. The Labute approximate surface area is 118 Å². The molecule has 0 spiro atoms. The zero-order valence-electron chi connectivity index (χ0n) is 10.5. The third kappa shape index (κ3) is 3.61. The lowest BCUT2D eigenvalue weighted by atomic mass is 10.2. The predicted octanol–water partition coefficient (Wildman–Crippen LogP) is 0.428. The Hall–Kier alpha value is -2.33. The van der Waals surface area contributed by atoms with Crippen LogP contribution in [-0.2, 0) is 16.4 Å². The Balaban J connectivity index is 2.12. The number of aromatic carboxylic acids is 1. The van der Waals surface area contributed by atoms with Crippen molar-refractivity contribution in [1.29, 1.82) is 0 Å². The van der Waals surface area contributed by atoms with Gasteiger partial charge in [-0.05, 0) is 18.2 Å². The summed E-state index contributed by atoms with van der Waals surface area (Å²) in [7, 11) is -3.96. The highest BCUT2D eigenvalue weighted by atomic mass is 32.2. The summed E-state index contributed by atoms with van der Waals surface area (Å²) in [5.74, 6) is -2.30. The van der Waals surface area contributed by atoms with Crippen molar-refractivity contribution in [3.05, 3.63) is 41.8 Å². The summed E-state index contributed by atoms with van der Waals surface area (Å²) < 4.78 is 44.1. The van der Waals surface area contributed by atoms with Gasteiger partial charge in [0.25, 0.3) is 0 Å². The van der Waals surface area contributed by atoms with Crippen LogP contribution in [0, 0.1) is 5.82 Å². The van der Waals surface area contributed by atoms with E-state index in [4.69, 9.17) is 9.63 Å². The van der Waals surface area contributed by atoms with Gasteiger partial charge in [0.1, 0.15) is 5.82 Å². The van der Waals surface area contributed by atoms with Gasteiger partial charge in [-0.15, -0.1) is 0 Å². The number of nitrogens with one attached hydrogen (secondary N) is 1. The average Bonchev–Trinajstić information content (AvgIpc) is 2.91. The van der Waals surface area contributed by atoms with Gasteiger partial charge in [0, 0.05) is 13.0 Å². The number of hydrogen-bond acceptors (Lipinski definition) is 6. The van der Waals surface area contributed by atoms with E-state index in [9.17, 15) is 17.6 Å². The van der Waals surface area contributed by atoms with Crippen molar-refractivity contribution >= 4 is 16.0 Å². The van der Waals surface area contributed by atoms with E-state index < -0.39 is 27.4 Å². The first kappa shape index (κ1) is 15.1. The second-order valence-corrected chi connectivity index (χ2v) is 5.70. The van der Waals surface area contributed by atoms with Gasteiger partial charge >= 0.3 is 5.97 Å². The fourth-order valence-corrected chi connectivity index (χ4v) is 2.57. The molecule has 112 valence electrons. The van der Waals surface area contributed by atoms with E-state index in [2.05, 4.69) is 14.9 Å². The minimum Gasteiger partial charge on any atom is -0.478 e. The average molecular weight is 315 g/mol. The summed E-state index contributed by atoms with van der Waals surface area (Å²) in [5, 5.41) is 12.1. The van der Waals surface area contributed by atoms with Gasteiger partial charge in [0.15, 0.2) is 6.33 Å². The molecule has 0 saturated heterocycles. The molecule has 2 rings (SSSR count). The zero-order valence-corrected chi connectivity index (χ0v) is 11.3. The number of nitrogens with zero attached hydrogens (tertiary/aromatic N) is 2. The van der Waals surface area contributed by atoms with E-state index in [1.54, 1.807) is 0 Å². The molecule has 0 unspecified atom stereocenters. The molecule has 0 aliphatic carbocycles. The minimum atomic E-state index is -3.96. The van der Waals surface area contributed by atoms with Gasteiger partial charge in [-0.25, -0.2) is 22.3 Å². The lowest BCUT2D eigenvalue weighted by Gasteiger charge is -2.07. The molecule has 0 aliphatic rings. The molecule has 1 aromatic heterocycles. The molecule has 2 N–H and O–H groups in total. The lowest BCUT2D eigenvalue weighted by molar-refractivity contribution is 0.0691. The van der Waals surface area contributed by atoms with Crippen LogP contribution in [-0.4, -0.2) is 36.2 Å². The SMILES string of the molecule is O=C(O)c1cc(S(=O)(=O)NCCc2ncno2)ccc1F. The van der Waals surface area contributed by atoms with Crippen molar-refractivity contribution in [3.8, 4) is 0 Å². The number of carboxylic acids is 1. The maximum absolute atomic E-state index is 13.2. The van der Waals surface area contributed by atoms with E-state index in [1.165, 1.54) is 6.33 Å². The van der Waals surface area contributed by atoms with E-state index >= 15 is 0 Å². The molecular weight excluding hydrogens is 305 g/mol. The first-order valence-electron chi connectivity index (χ1n) is 5.68. The monoisotopic (exact) mass is 315 g/mol. The largest absolute Gasteiger partial charge is 0.478 e. The number of carbonyl (C=O) groups is 1. The van der Waals surface area contributed by atoms with Crippen LogP contribution >= 0.6 is 0 Å². The predicted molar refractivity (Wildman–Crippen MR) is 66.5 cm³/mol. The minimum absolute atomic E-state index is 0.0235. The highest BCUT2D eigenvalue weighted by Gasteiger charge is 2.19. The molecule has 0 radical (unpaired) electrons. The normalized spacial score (nSPS) is 11.5. The summed E-state index contributed by atoms with van der Waals surface area (Å²) in [6.07, 6.45) is 1.36. The number of benzene rings is 1. The van der Waals surface area contributed by atoms with Crippen LogP contribution in [0.15, 0.2) is 33.9 Å². The van der Waals surface area contributed by atoms with E-state index in [1.807, 2.05) is 0 Å². The van der Waals surface area contributed by atoms with Crippen LogP contribution in [0.5, 0.6) is 0 Å². The highest BCUT2D eigenvalue weighted by molar-refractivity contribution is 7.89. The number of rotatable bonds is 6. The molecule has 0 amide bonds. The topological polar surface area (TPSA) is 122 Å². The molecule has 0 saturated carbocycles. The Morgan fingerprint density at radius 1 is 1.43 bits per heavy atom. The molecule has 21 heavy (non-hydrogen) atoms. The molecule has 2 aromatic rings. The molecule has 10 heteroatoms. The zero-order chi connectivity index (χ0) is 15.5. The van der Waals surface area contributed by atoms with Crippen LogP contribution in [0.4, 0.5) is 4.39 Å². The quantitative estimate of drug-likeness (QED) is 0.792. The fraction of sp³-hybridized carbons (Fsp3) is 0.182. The first-order chi connectivity index (χ1) is 9.90. The maximum atomic E-state index is 13.2. The Morgan fingerprint density at radius 2 is 2.19 bits per heavy atom. The third-order valence-corrected chi connectivity index (χ3v) is 3.98. The second kappa shape index (κ2) is 5.97. The van der Waals surface area contributed by atoms with Crippen molar-refractivity contribution in [3.63, 3.8) is 0 Å². The van der Waals surface area contributed by atoms with Gasteiger partial charge in [-0.1, -0.05) is 5.16 Å². The summed E-state index contributed by atoms with van der Waals surface area (Å²) in [5.41, 5.74) is -0.713. The number of sulfonamides is 1. The Kier molecular flexibility index (Phi) is 4.29. The summed E-state index contributed by atoms with van der Waals surface area (Å²) in [4.78, 5) is 14.2. The number of hydrogen-bond donors (Lipinski definition) is 2. The molecule has 8 nitrogen and oxygen atoms in total. The molecule has 0 atom stereocenters. The summed E-state index contributed by atoms with van der Waals surface area (Å²) >= 11 is 0. The number of carboxylic acid groups (broad SMARTS) is 1. The van der Waals surface area contributed by atoms with E-state index in [0.717, 1.165) is 18.2 Å². The van der Waals surface area contributed by atoms with E-state index in [0.29, 0.717) is 0 Å². The van der Waals surface area contributed by atoms with Gasteiger partial charge < -0.3 is 9.63 Å². The van der Waals surface area contributed by atoms with Crippen molar-refractivity contribution in [2.24, 2.45) is 0 Å². The number of aromatic nitrogens is 2. The van der Waals surface area contributed by atoms with Crippen molar-refractivity contribution < 1.29 is 27.2 Å². The smallest absolute Gasteiger partial charge is 0.338 e. The van der Waals surface area contributed by atoms with Crippen LogP contribution in [0.1, 0.15) is 16.2 Å². The van der Waals surface area contributed by atoms with Crippen LogP contribution < -0.4 is 4.72 Å². The number of halogens is 1. The lowest BCUT2D eigenvalue weighted by Crippen LogP contribution is -2.26. The first-order valence-corrected chi connectivity index (χ1v) is 7.16. The summed E-state index contributed by atoms with van der Waals surface area (Å²) in [6.45, 7) is -0.0235. The third-order valence-electron chi connectivity index (χ3n) is 2.52. The van der Waals surface area contributed by atoms with Crippen molar-refractivity contribution in [2.75, 3.05) is 6.54 Å². The van der Waals surface area contributed by atoms with Crippen molar-refractivity contribution in [2.45, 2.75) is 11.3 Å². The molecular formula is C11H10FN3O5S. The van der Waals surface area contributed by atoms with Gasteiger partial charge in [0.05, 0.1) is 10.5 Å². The molecule has 1 aromatic carbocycles. The van der Waals surface area contributed by atoms with Crippen LogP contribution in [0.3, 0.4) is 0 Å². The Bertz CT molecular complexity index is 745. The van der Waals surface area contributed by atoms with Crippen LogP contribution in [0.25, 0.3) is 0 Å². The summed E-state index contributed by atoms with van der Waals surface area (Å²) in [6, 6.07) is 2.53.